The Morgan fingerprint density at radius 2 is 1.88 bits per heavy atom. The minimum absolute atomic E-state index is 0.0160. The summed E-state index contributed by atoms with van der Waals surface area (Å²) >= 11 is 0. The average molecular weight is 652 g/mol. The predicted octanol–water partition coefficient (Wildman–Crippen LogP) is 4.49. The number of carbonyl (C=O) groups excluding carboxylic acids is 2. The van der Waals surface area contributed by atoms with E-state index in [0.29, 0.717) is 33.3 Å². The monoisotopic (exact) mass is 651 g/mol. The fourth-order valence-electron chi connectivity index (χ4n) is 6.59. The van der Waals surface area contributed by atoms with Crippen molar-refractivity contribution in [3.8, 4) is 17.2 Å². The Morgan fingerprint density at radius 1 is 1.12 bits per heavy atom. The van der Waals surface area contributed by atoms with Crippen LogP contribution in [-0.2, 0) is 29.5 Å². The summed E-state index contributed by atoms with van der Waals surface area (Å²) in [7, 11) is 1.71. The van der Waals surface area contributed by atoms with E-state index < -0.39 is 46.9 Å². The van der Waals surface area contributed by atoms with Crippen molar-refractivity contribution in [2.75, 3.05) is 6.54 Å². The van der Waals surface area contributed by atoms with Crippen LogP contribution in [0.25, 0.3) is 22.0 Å². The molecule has 48 heavy (non-hydrogen) atoms. The highest BCUT2D eigenvalue weighted by atomic mass is 19.1. The van der Waals surface area contributed by atoms with Crippen LogP contribution >= 0.6 is 0 Å². The topological polar surface area (TPSA) is 157 Å². The van der Waals surface area contributed by atoms with Crippen molar-refractivity contribution in [3.63, 3.8) is 0 Å². The van der Waals surface area contributed by atoms with Gasteiger partial charge < -0.3 is 15.3 Å². The molecule has 5 aromatic rings. The highest BCUT2D eigenvalue weighted by Gasteiger charge is 2.42. The number of halogens is 2. The van der Waals surface area contributed by atoms with E-state index in [4.69, 9.17) is 0 Å². The van der Waals surface area contributed by atoms with E-state index in [1.54, 1.807) is 48.5 Å². The third-order valence-electron chi connectivity index (χ3n) is 8.81. The zero-order chi connectivity index (χ0) is 34.3. The molecule has 0 radical (unpaired) electrons. The second kappa shape index (κ2) is 12.4. The fraction of sp³-hybridized carbons (Fsp3) is 0.257. The summed E-state index contributed by atoms with van der Waals surface area (Å²) in [6.07, 6.45) is 5.05. The number of aliphatic carboxylic acids is 1. The first-order valence-corrected chi connectivity index (χ1v) is 15.2. The van der Waals surface area contributed by atoms with E-state index in [2.05, 4.69) is 26.7 Å². The van der Waals surface area contributed by atoms with Gasteiger partial charge in [-0.15, -0.1) is 0 Å². The summed E-state index contributed by atoms with van der Waals surface area (Å²) in [6.45, 7) is 3.12. The lowest BCUT2D eigenvalue weighted by Gasteiger charge is -2.39. The molecule has 0 spiro atoms. The summed E-state index contributed by atoms with van der Waals surface area (Å²) in [5.74, 6) is -5.17. The molecule has 0 saturated carbocycles. The summed E-state index contributed by atoms with van der Waals surface area (Å²) < 4.78 is 30.8. The number of nitrogens with zero attached hydrogens (tertiary/aromatic N) is 5. The van der Waals surface area contributed by atoms with Crippen LogP contribution in [0, 0.1) is 23.0 Å². The molecule has 0 fully saturated rings. The minimum atomic E-state index is -1.40. The number of nitriles is 1. The average Bonchev–Trinajstić information content (AvgIpc) is 3.68. The number of aromatic nitrogens is 4. The number of fused-ring (bicyclic) bond motifs is 2. The number of benzene rings is 3. The molecular weight excluding hydrogens is 620 g/mol. The van der Waals surface area contributed by atoms with Gasteiger partial charge >= 0.3 is 5.97 Å². The van der Waals surface area contributed by atoms with Gasteiger partial charge in [-0.3, -0.25) is 24.2 Å². The maximum Gasteiger partial charge on any atom is 0.313 e. The third-order valence-corrected chi connectivity index (χ3v) is 8.81. The van der Waals surface area contributed by atoms with Gasteiger partial charge in [0.15, 0.2) is 0 Å². The standard InChI is InChI=1S/C35H31F2N7O4/c1-35(2,31(34(47)48)20-4-6-23(36)7-5-20)41-32(45)29(12-19-16-40-43(3)18-19)44-11-10-25-24(8-9-27(37)30(25)33(44)46)26-13-22-17-39-42-28(22)14-21(26)15-38/h4-9,13-14,16-18,29,31H,10-12H2,1-3H3,(H,39,42)(H,41,45)(H,47,48)/t29-,31?/m1/s1. The molecule has 0 bridgehead atoms. The minimum Gasteiger partial charge on any atom is -0.481 e. The molecule has 1 aliphatic rings. The number of aromatic amines is 1. The largest absolute Gasteiger partial charge is 0.481 e. The van der Waals surface area contributed by atoms with Crippen LogP contribution in [0.15, 0.2) is 67.1 Å². The maximum absolute atomic E-state index is 15.6. The zero-order valence-corrected chi connectivity index (χ0v) is 26.3. The Morgan fingerprint density at radius 3 is 2.54 bits per heavy atom. The first-order valence-electron chi connectivity index (χ1n) is 15.2. The lowest BCUT2D eigenvalue weighted by molar-refractivity contribution is -0.141. The number of aryl methyl sites for hydroxylation is 1. The number of H-pyrrole nitrogens is 1. The second-order valence-corrected chi connectivity index (χ2v) is 12.4. The maximum atomic E-state index is 15.6. The van der Waals surface area contributed by atoms with Crippen LogP contribution in [0.4, 0.5) is 8.78 Å². The van der Waals surface area contributed by atoms with Crippen molar-refractivity contribution in [2.45, 2.75) is 44.2 Å². The molecule has 1 aliphatic heterocycles. The fourth-order valence-corrected chi connectivity index (χ4v) is 6.59. The molecule has 6 rings (SSSR count). The van der Waals surface area contributed by atoms with E-state index in [1.807, 2.05) is 0 Å². The molecule has 2 aromatic heterocycles. The summed E-state index contributed by atoms with van der Waals surface area (Å²) in [6, 6.07) is 12.1. The van der Waals surface area contributed by atoms with Crippen molar-refractivity contribution in [1.29, 1.82) is 5.26 Å². The van der Waals surface area contributed by atoms with E-state index >= 15 is 4.39 Å². The zero-order valence-electron chi connectivity index (χ0n) is 26.3. The van der Waals surface area contributed by atoms with Crippen LogP contribution in [0.3, 0.4) is 0 Å². The van der Waals surface area contributed by atoms with Gasteiger partial charge in [0.05, 0.1) is 40.6 Å². The first kappa shape index (κ1) is 32.1. The van der Waals surface area contributed by atoms with Crippen molar-refractivity contribution < 1.29 is 28.3 Å². The number of nitrogens with one attached hydrogen (secondary N) is 2. The molecule has 244 valence electrons. The van der Waals surface area contributed by atoms with Crippen molar-refractivity contribution >= 4 is 28.7 Å². The lowest BCUT2D eigenvalue weighted by atomic mass is 9.81. The van der Waals surface area contributed by atoms with Gasteiger partial charge in [-0.2, -0.15) is 15.5 Å². The number of carboxylic acids is 1. The van der Waals surface area contributed by atoms with Gasteiger partial charge in [0.1, 0.15) is 23.6 Å². The van der Waals surface area contributed by atoms with Gasteiger partial charge in [0.25, 0.3) is 5.91 Å². The predicted molar refractivity (Wildman–Crippen MR) is 171 cm³/mol. The molecule has 0 aliphatic carbocycles. The Kier molecular flexibility index (Phi) is 8.26. The van der Waals surface area contributed by atoms with E-state index in [9.17, 15) is 29.1 Å². The molecule has 3 aromatic carbocycles. The molecule has 3 N–H and O–H groups in total. The molecule has 1 unspecified atom stereocenters. The lowest BCUT2D eigenvalue weighted by Crippen LogP contribution is -2.59. The van der Waals surface area contributed by atoms with E-state index in [0.717, 1.165) is 17.5 Å². The number of hydrogen-bond donors (Lipinski definition) is 3. The third kappa shape index (κ3) is 5.88. The number of rotatable bonds is 9. The highest BCUT2D eigenvalue weighted by molar-refractivity contribution is 6.02. The van der Waals surface area contributed by atoms with Crippen molar-refractivity contribution in [1.82, 2.24) is 30.2 Å². The second-order valence-electron chi connectivity index (χ2n) is 12.4. The summed E-state index contributed by atoms with van der Waals surface area (Å²) in [5, 5.41) is 34.7. The SMILES string of the molecule is Cn1cc(C[C@H](C(=O)NC(C)(C)C(C(=O)O)c2ccc(F)cc2)N2CCc3c(-c4cc5cn[nH]c5cc4C#N)ccc(F)c3C2=O)cn1. The van der Waals surface area contributed by atoms with Gasteiger partial charge in [-0.25, -0.2) is 8.78 Å². The first-order chi connectivity index (χ1) is 22.9. The van der Waals surface area contributed by atoms with Gasteiger partial charge in [-0.05, 0) is 72.9 Å². The smallest absolute Gasteiger partial charge is 0.313 e. The van der Waals surface area contributed by atoms with Crippen LogP contribution in [0.1, 0.15) is 52.4 Å². The number of carboxylic acid groups (broad SMARTS) is 1. The van der Waals surface area contributed by atoms with Crippen molar-refractivity contribution in [3.05, 3.63) is 107 Å². The van der Waals surface area contributed by atoms with Gasteiger partial charge in [-0.1, -0.05) is 18.2 Å². The Labute approximate surface area is 273 Å². The molecule has 11 nitrogen and oxygen atoms in total. The van der Waals surface area contributed by atoms with Crippen LogP contribution in [0.5, 0.6) is 0 Å². The highest BCUT2D eigenvalue weighted by Crippen LogP contribution is 2.36. The normalized spacial score (nSPS) is 14.3. The Hall–Kier alpha value is -5.90. The van der Waals surface area contributed by atoms with Crippen LogP contribution < -0.4 is 5.32 Å². The molecular formula is C35H31F2N7O4. The summed E-state index contributed by atoms with van der Waals surface area (Å²) in [5.41, 5.74) is 1.75. The quantitative estimate of drug-likeness (QED) is 0.212. The van der Waals surface area contributed by atoms with Crippen LogP contribution in [0.2, 0.25) is 0 Å². The van der Waals surface area contributed by atoms with Gasteiger partial charge in [0, 0.05) is 37.2 Å². The molecule has 3 heterocycles. The van der Waals surface area contributed by atoms with E-state index in [1.165, 1.54) is 36.9 Å². The Balaban J connectivity index is 1.37. The number of amides is 2. The van der Waals surface area contributed by atoms with Crippen molar-refractivity contribution in [2.24, 2.45) is 7.05 Å². The summed E-state index contributed by atoms with van der Waals surface area (Å²) in [4.78, 5) is 42.2. The van der Waals surface area contributed by atoms with Gasteiger partial charge in [0.2, 0.25) is 5.91 Å². The molecule has 2 atom stereocenters. The Bertz CT molecular complexity index is 2110. The molecule has 0 saturated heterocycles. The van der Waals surface area contributed by atoms with Crippen LogP contribution in [-0.4, -0.2) is 65.9 Å². The number of carbonyl (C=O) groups is 3. The molecule has 13 heteroatoms. The molecule has 2 amide bonds. The van der Waals surface area contributed by atoms with E-state index in [-0.39, 0.29) is 30.5 Å². The number of hydrogen-bond acceptors (Lipinski definition) is 6.